The number of carbonyl (C=O) groups is 1. The molecule has 0 radical (unpaired) electrons. The Morgan fingerprint density at radius 1 is 1.23 bits per heavy atom. The summed E-state index contributed by atoms with van der Waals surface area (Å²) in [5, 5.41) is 21.7. The van der Waals surface area contributed by atoms with Gasteiger partial charge in [-0.15, -0.1) is 5.10 Å². The maximum atomic E-state index is 13.0. The van der Waals surface area contributed by atoms with Crippen molar-refractivity contribution in [3.63, 3.8) is 0 Å². The van der Waals surface area contributed by atoms with Gasteiger partial charge in [0.25, 0.3) is 5.91 Å². The number of hydrazone groups is 1. The van der Waals surface area contributed by atoms with Gasteiger partial charge in [-0.1, -0.05) is 56.1 Å². The van der Waals surface area contributed by atoms with Gasteiger partial charge >= 0.3 is 5.88 Å². The van der Waals surface area contributed by atoms with Crippen LogP contribution in [0.4, 0.5) is 5.88 Å². The quantitative estimate of drug-likeness (QED) is 0.413. The van der Waals surface area contributed by atoms with Crippen LogP contribution < -0.4 is 15.9 Å². The Morgan fingerprint density at radius 2 is 2.07 bits per heavy atom. The van der Waals surface area contributed by atoms with Crippen molar-refractivity contribution in [3.05, 3.63) is 62.8 Å². The van der Waals surface area contributed by atoms with Gasteiger partial charge in [0.2, 0.25) is 6.17 Å². The highest BCUT2D eigenvalue weighted by atomic mass is 32.2. The predicted molar refractivity (Wildman–Crippen MR) is 113 cm³/mol. The van der Waals surface area contributed by atoms with Crippen LogP contribution in [0.15, 0.2) is 50.9 Å². The number of nitro groups is 1. The van der Waals surface area contributed by atoms with Crippen molar-refractivity contribution >= 4 is 34.4 Å². The molecule has 1 atom stereocenters. The lowest BCUT2D eigenvalue weighted by molar-refractivity contribution is -0.402. The Balaban J connectivity index is 1.70. The largest absolute Gasteiger partial charge is 0.433 e. The number of rotatable bonds is 7. The number of hydrogen-bond acceptors (Lipinski definition) is 8. The van der Waals surface area contributed by atoms with Crippen molar-refractivity contribution in [2.45, 2.75) is 38.8 Å². The molecule has 0 bridgehead atoms. The van der Waals surface area contributed by atoms with E-state index in [4.69, 9.17) is 4.42 Å². The average molecular weight is 427 g/mol. The molecule has 4 rings (SSSR count). The molecule has 1 amide bonds. The summed E-state index contributed by atoms with van der Waals surface area (Å²) in [4.78, 5) is 28.1. The van der Waals surface area contributed by atoms with Gasteiger partial charge in [-0.05, 0) is 18.6 Å². The fraction of sp³-hybridized carbons (Fsp3) is 0.350. The minimum absolute atomic E-state index is 0.249. The molecule has 1 aromatic heterocycles. The van der Waals surface area contributed by atoms with Gasteiger partial charge in [-0.3, -0.25) is 20.2 Å². The first-order valence-electron chi connectivity index (χ1n) is 9.81. The molecule has 0 unspecified atom stereocenters. The first kappa shape index (κ1) is 20.1. The zero-order valence-electron chi connectivity index (χ0n) is 16.4. The molecule has 10 heteroatoms. The SMILES string of the molecule is CCCCCCSC1=NN2C(=c3ccccc3=N[C@H]2c2ccc([N+](=O)[O-])o2)C(=O)N1. The number of fused-ring (bicyclic) bond motifs is 2. The molecule has 0 fully saturated rings. The molecule has 0 spiro atoms. The Morgan fingerprint density at radius 3 is 2.83 bits per heavy atom. The molecule has 30 heavy (non-hydrogen) atoms. The molecule has 156 valence electrons. The number of carbonyl (C=O) groups excluding carboxylic acids is 1. The third kappa shape index (κ3) is 3.95. The summed E-state index contributed by atoms with van der Waals surface area (Å²) >= 11 is 1.48. The summed E-state index contributed by atoms with van der Waals surface area (Å²) in [5.41, 5.74) is 0.347. The van der Waals surface area contributed by atoms with Crippen molar-refractivity contribution in [2.75, 3.05) is 5.75 Å². The number of unbranched alkanes of at least 4 members (excludes halogenated alkanes) is 3. The van der Waals surface area contributed by atoms with E-state index in [1.807, 2.05) is 12.1 Å². The van der Waals surface area contributed by atoms with Crippen LogP contribution in [-0.2, 0) is 4.79 Å². The van der Waals surface area contributed by atoms with Crippen molar-refractivity contribution < 1.29 is 14.1 Å². The summed E-state index contributed by atoms with van der Waals surface area (Å²) in [6, 6.07) is 10.0. The molecule has 2 aromatic rings. The molecule has 0 saturated carbocycles. The van der Waals surface area contributed by atoms with Gasteiger partial charge in [0, 0.05) is 11.0 Å². The summed E-state index contributed by atoms with van der Waals surface area (Å²) in [7, 11) is 0. The summed E-state index contributed by atoms with van der Waals surface area (Å²) < 4.78 is 5.39. The second-order valence-corrected chi connectivity index (χ2v) is 8.00. The van der Waals surface area contributed by atoms with E-state index in [-0.39, 0.29) is 17.6 Å². The Hall–Kier alpha value is -3.14. The summed E-state index contributed by atoms with van der Waals surface area (Å²) in [5.74, 6) is 0.429. The summed E-state index contributed by atoms with van der Waals surface area (Å²) in [6.07, 6.45) is 3.70. The van der Waals surface area contributed by atoms with Gasteiger partial charge in [0.1, 0.15) is 10.6 Å². The zero-order chi connectivity index (χ0) is 21.1. The third-order valence-corrected chi connectivity index (χ3v) is 5.75. The van der Waals surface area contributed by atoms with Crippen LogP contribution in [0.5, 0.6) is 0 Å². The number of amides is 1. The van der Waals surface area contributed by atoms with Crippen molar-refractivity contribution in [3.8, 4) is 0 Å². The zero-order valence-corrected chi connectivity index (χ0v) is 17.2. The molecule has 9 nitrogen and oxygen atoms in total. The third-order valence-electron chi connectivity index (χ3n) is 4.80. The smallest absolute Gasteiger partial charge is 0.401 e. The van der Waals surface area contributed by atoms with Gasteiger partial charge in [0.15, 0.2) is 10.9 Å². The van der Waals surface area contributed by atoms with E-state index in [1.54, 1.807) is 12.1 Å². The number of furan rings is 1. The molecular weight excluding hydrogens is 406 g/mol. The number of benzene rings is 1. The lowest BCUT2D eigenvalue weighted by atomic mass is 10.1. The fourth-order valence-electron chi connectivity index (χ4n) is 3.35. The maximum Gasteiger partial charge on any atom is 0.433 e. The molecule has 0 aliphatic carbocycles. The van der Waals surface area contributed by atoms with Crippen LogP contribution in [0.1, 0.15) is 44.5 Å². The Kier molecular flexibility index (Phi) is 5.84. The summed E-state index contributed by atoms with van der Waals surface area (Å²) in [6.45, 7) is 2.16. The fourth-order valence-corrected chi connectivity index (χ4v) is 4.21. The van der Waals surface area contributed by atoms with Gasteiger partial charge in [-0.2, -0.15) is 0 Å². The average Bonchev–Trinajstić information content (AvgIpc) is 3.23. The van der Waals surface area contributed by atoms with E-state index in [0.29, 0.717) is 21.4 Å². The van der Waals surface area contributed by atoms with E-state index >= 15 is 0 Å². The number of nitrogens with one attached hydrogen (secondary N) is 1. The van der Waals surface area contributed by atoms with Gasteiger partial charge in [0.05, 0.1) is 11.4 Å². The molecule has 0 saturated heterocycles. The molecule has 1 N–H and O–H groups in total. The predicted octanol–water partition coefficient (Wildman–Crippen LogP) is 2.64. The first-order chi connectivity index (χ1) is 14.6. The van der Waals surface area contributed by atoms with Crippen LogP contribution in [0.3, 0.4) is 0 Å². The van der Waals surface area contributed by atoms with E-state index in [1.165, 1.54) is 35.3 Å². The van der Waals surface area contributed by atoms with E-state index in [0.717, 1.165) is 25.0 Å². The van der Waals surface area contributed by atoms with Gasteiger partial charge in [-0.25, -0.2) is 10.0 Å². The second kappa shape index (κ2) is 8.70. The molecular formula is C20H21N5O4S. The van der Waals surface area contributed by atoms with Crippen LogP contribution in [-0.4, -0.2) is 26.8 Å². The normalized spacial score (nSPS) is 17.6. The maximum absolute atomic E-state index is 13.0. The number of thioether (sulfide) groups is 1. The molecule has 2 aliphatic heterocycles. The van der Waals surface area contributed by atoms with Crippen molar-refractivity contribution in [1.29, 1.82) is 0 Å². The van der Waals surface area contributed by atoms with Gasteiger partial charge < -0.3 is 4.42 Å². The van der Waals surface area contributed by atoms with E-state index in [9.17, 15) is 14.9 Å². The number of amidine groups is 1. The number of para-hydroxylation sites is 1. The van der Waals surface area contributed by atoms with Crippen molar-refractivity contribution in [2.24, 2.45) is 10.1 Å². The molecule has 1 aromatic carbocycles. The monoisotopic (exact) mass is 427 g/mol. The van der Waals surface area contributed by atoms with Crippen LogP contribution in [0.2, 0.25) is 0 Å². The lowest BCUT2D eigenvalue weighted by Crippen LogP contribution is -2.50. The highest BCUT2D eigenvalue weighted by molar-refractivity contribution is 8.13. The standard InChI is InChI=1S/C20H21N5O4S/c1-2-3-4-7-12-30-20-22-19(26)17-13-8-5-6-9-14(13)21-18(24(17)23-20)15-10-11-16(29-15)25(27)28/h5-6,8-11,18H,2-4,7,12H2,1H3,(H,22,23,26)/t18-/m1/s1. The van der Waals surface area contributed by atoms with Crippen LogP contribution in [0, 0.1) is 10.1 Å². The van der Waals surface area contributed by atoms with Crippen LogP contribution >= 0.6 is 11.8 Å². The molecule has 2 aliphatic rings. The lowest BCUT2D eigenvalue weighted by Gasteiger charge is -2.32. The highest BCUT2D eigenvalue weighted by Crippen LogP contribution is 2.33. The first-order valence-corrected chi connectivity index (χ1v) is 10.8. The Labute approximate surface area is 176 Å². The topological polar surface area (TPSA) is 113 Å². The minimum atomic E-state index is -0.801. The van der Waals surface area contributed by atoms with E-state index in [2.05, 4.69) is 22.3 Å². The molecule has 3 heterocycles. The number of hydrogen-bond donors (Lipinski definition) is 1. The number of nitrogens with zero attached hydrogens (tertiary/aromatic N) is 4. The van der Waals surface area contributed by atoms with Crippen LogP contribution in [0.25, 0.3) is 5.70 Å². The van der Waals surface area contributed by atoms with Crippen molar-refractivity contribution in [1.82, 2.24) is 10.3 Å². The Bertz CT molecular complexity index is 1130. The highest BCUT2D eigenvalue weighted by Gasteiger charge is 2.36. The van der Waals surface area contributed by atoms with E-state index < -0.39 is 11.1 Å². The minimum Gasteiger partial charge on any atom is -0.401 e. The second-order valence-electron chi connectivity index (χ2n) is 6.91.